The summed E-state index contributed by atoms with van der Waals surface area (Å²) in [4.78, 5) is 0. The minimum absolute atomic E-state index is 0.0926. The molecule has 5 heteroatoms. The number of hydrogen-bond acceptors (Lipinski definition) is 4. The molecule has 0 bridgehead atoms. The Morgan fingerprint density at radius 3 is 2.53 bits per heavy atom. The van der Waals surface area contributed by atoms with Gasteiger partial charge in [0.05, 0.1) is 21.5 Å². The van der Waals surface area contributed by atoms with Crippen molar-refractivity contribution in [3.05, 3.63) is 0 Å². The van der Waals surface area contributed by atoms with Crippen molar-refractivity contribution >= 4 is 10.1 Å². The molecule has 0 radical (unpaired) electrons. The molecule has 0 aromatic carbocycles. The van der Waals surface area contributed by atoms with Crippen LogP contribution in [0.5, 0.6) is 0 Å². The van der Waals surface area contributed by atoms with E-state index in [1.165, 1.54) is 0 Å². The Morgan fingerprint density at radius 1 is 1.13 bits per heavy atom. The van der Waals surface area contributed by atoms with E-state index in [4.69, 9.17) is 0 Å². The van der Waals surface area contributed by atoms with Crippen LogP contribution in [0.1, 0.15) is 38.5 Å². The monoisotopic (exact) mass is 233 g/mol. The molecule has 0 spiro atoms. The first-order valence-corrected chi connectivity index (χ1v) is 7.08. The molecule has 15 heavy (non-hydrogen) atoms. The van der Waals surface area contributed by atoms with E-state index in [0.717, 1.165) is 25.7 Å². The van der Waals surface area contributed by atoms with E-state index in [9.17, 15) is 18.1 Å². The van der Waals surface area contributed by atoms with Gasteiger partial charge in [-0.05, 0) is 37.5 Å². The summed E-state index contributed by atoms with van der Waals surface area (Å²) in [5, 5.41) is 8.79. The maximum Gasteiger partial charge on any atom is 0.0978 e. The van der Waals surface area contributed by atoms with Gasteiger partial charge in [0.15, 0.2) is 0 Å². The Morgan fingerprint density at radius 2 is 1.87 bits per heavy atom. The van der Waals surface area contributed by atoms with Crippen LogP contribution in [0.4, 0.5) is 0 Å². The highest BCUT2D eigenvalue weighted by atomic mass is 32.2. The van der Waals surface area contributed by atoms with Gasteiger partial charge in [0, 0.05) is 0 Å². The van der Waals surface area contributed by atoms with Crippen molar-refractivity contribution in [3.8, 4) is 0 Å². The largest absolute Gasteiger partial charge is 0.748 e. The lowest BCUT2D eigenvalue weighted by molar-refractivity contribution is 0.0496. The van der Waals surface area contributed by atoms with Crippen molar-refractivity contribution in [3.63, 3.8) is 0 Å². The average molecular weight is 233 g/mol. The summed E-state index contributed by atoms with van der Waals surface area (Å²) in [7, 11) is -4.18. The lowest BCUT2D eigenvalue weighted by Gasteiger charge is -2.43. The molecule has 2 aliphatic rings. The quantitative estimate of drug-likeness (QED) is 0.681. The molecule has 0 heterocycles. The minimum atomic E-state index is -4.18. The van der Waals surface area contributed by atoms with Gasteiger partial charge in [-0.1, -0.05) is 12.8 Å². The number of aliphatic hydroxyl groups excluding tert-OH is 1. The summed E-state index contributed by atoms with van der Waals surface area (Å²) < 4.78 is 33.3. The van der Waals surface area contributed by atoms with Crippen molar-refractivity contribution in [1.29, 1.82) is 0 Å². The molecule has 0 aromatic heterocycles. The summed E-state index contributed by atoms with van der Waals surface area (Å²) >= 11 is 0. The van der Waals surface area contributed by atoms with Gasteiger partial charge in [-0.2, -0.15) is 0 Å². The van der Waals surface area contributed by atoms with Gasteiger partial charge in [-0.25, -0.2) is 8.42 Å². The molecule has 4 unspecified atom stereocenters. The van der Waals surface area contributed by atoms with Gasteiger partial charge >= 0.3 is 0 Å². The Bertz CT molecular complexity index is 324. The summed E-state index contributed by atoms with van der Waals surface area (Å²) in [5.74, 6) is 0.251. The van der Waals surface area contributed by atoms with Crippen LogP contribution in [0.15, 0.2) is 0 Å². The zero-order valence-corrected chi connectivity index (χ0v) is 9.45. The van der Waals surface area contributed by atoms with E-state index in [0.29, 0.717) is 18.8 Å². The van der Waals surface area contributed by atoms with Crippen LogP contribution >= 0.6 is 0 Å². The normalized spacial score (nSPS) is 42.3. The molecule has 2 aliphatic carbocycles. The van der Waals surface area contributed by atoms with Crippen LogP contribution in [0.25, 0.3) is 0 Å². The van der Waals surface area contributed by atoms with E-state index in [-0.39, 0.29) is 5.92 Å². The Kier molecular flexibility index (Phi) is 3.05. The van der Waals surface area contributed by atoms with E-state index in [2.05, 4.69) is 0 Å². The first-order chi connectivity index (χ1) is 6.98. The molecule has 2 rings (SSSR count). The maximum atomic E-state index is 11.1. The standard InChI is InChI=1S/C10H18O4S/c11-8-5-4-7-2-1-3-10(9(7)6-8)15(12,13)14/h7-11H,1-6H2,(H,12,13,14)/p-1. The molecule has 2 fully saturated rings. The van der Waals surface area contributed by atoms with Crippen LogP contribution in [0.2, 0.25) is 0 Å². The van der Waals surface area contributed by atoms with Gasteiger partial charge in [0.2, 0.25) is 0 Å². The molecule has 0 aromatic rings. The third-order valence-electron chi connectivity index (χ3n) is 3.93. The molecule has 0 saturated heterocycles. The summed E-state index contributed by atoms with van der Waals surface area (Å²) in [5.41, 5.74) is 0. The predicted molar refractivity (Wildman–Crippen MR) is 54.2 cm³/mol. The summed E-state index contributed by atoms with van der Waals surface area (Å²) in [6, 6.07) is 0. The second kappa shape index (κ2) is 4.03. The second-order valence-corrected chi connectivity index (χ2v) is 6.44. The summed E-state index contributed by atoms with van der Waals surface area (Å²) in [6.45, 7) is 0. The number of fused-ring (bicyclic) bond motifs is 1. The lowest BCUT2D eigenvalue weighted by Crippen LogP contribution is -2.42. The molecule has 0 amide bonds. The fourth-order valence-electron chi connectivity index (χ4n) is 3.21. The zero-order chi connectivity index (χ0) is 11.1. The van der Waals surface area contributed by atoms with Crippen molar-refractivity contribution in [2.24, 2.45) is 11.8 Å². The second-order valence-electron chi connectivity index (χ2n) is 4.85. The summed E-state index contributed by atoms with van der Waals surface area (Å²) in [6.07, 6.45) is 4.06. The zero-order valence-electron chi connectivity index (χ0n) is 8.63. The van der Waals surface area contributed by atoms with E-state index >= 15 is 0 Å². The maximum absolute atomic E-state index is 11.1. The van der Waals surface area contributed by atoms with Crippen molar-refractivity contribution in [1.82, 2.24) is 0 Å². The SMILES string of the molecule is O=S(=O)([O-])C1CCCC2CCC(O)CC21. The van der Waals surface area contributed by atoms with Gasteiger partial charge in [-0.15, -0.1) is 0 Å². The number of hydrogen-bond donors (Lipinski definition) is 1. The first kappa shape index (κ1) is 11.4. The predicted octanol–water partition coefficient (Wildman–Crippen LogP) is 0.861. The smallest absolute Gasteiger partial charge is 0.0978 e. The number of aliphatic hydroxyl groups is 1. The average Bonchev–Trinajstić information content (AvgIpc) is 2.15. The lowest BCUT2D eigenvalue weighted by atomic mass is 9.70. The van der Waals surface area contributed by atoms with Crippen LogP contribution < -0.4 is 0 Å². The highest BCUT2D eigenvalue weighted by molar-refractivity contribution is 7.86. The van der Waals surface area contributed by atoms with Gasteiger partial charge < -0.3 is 9.66 Å². The fraction of sp³-hybridized carbons (Fsp3) is 1.00. The Hall–Kier alpha value is -0.130. The molecule has 0 aliphatic heterocycles. The van der Waals surface area contributed by atoms with Gasteiger partial charge in [-0.3, -0.25) is 0 Å². The number of rotatable bonds is 1. The Labute approximate surface area is 90.4 Å². The molecule has 4 nitrogen and oxygen atoms in total. The first-order valence-electron chi connectivity index (χ1n) is 5.61. The topological polar surface area (TPSA) is 77.4 Å². The third-order valence-corrected chi connectivity index (χ3v) is 5.26. The minimum Gasteiger partial charge on any atom is -0.748 e. The molecule has 88 valence electrons. The molecule has 1 N–H and O–H groups in total. The van der Waals surface area contributed by atoms with Crippen molar-refractivity contribution < 1.29 is 18.1 Å². The van der Waals surface area contributed by atoms with Crippen LogP contribution in [-0.4, -0.2) is 29.4 Å². The highest BCUT2D eigenvalue weighted by Crippen LogP contribution is 2.42. The van der Waals surface area contributed by atoms with Crippen LogP contribution in [0.3, 0.4) is 0 Å². The highest BCUT2D eigenvalue weighted by Gasteiger charge is 2.40. The molecular formula is C10H17O4S-. The van der Waals surface area contributed by atoms with Crippen molar-refractivity contribution in [2.75, 3.05) is 0 Å². The third kappa shape index (κ3) is 2.34. The van der Waals surface area contributed by atoms with E-state index < -0.39 is 21.5 Å². The van der Waals surface area contributed by atoms with Gasteiger partial charge in [0.25, 0.3) is 0 Å². The molecule has 2 saturated carbocycles. The van der Waals surface area contributed by atoms with E-state index in [1.807, 2.05) is 0 Å². The van der Waals surface area contributed by atoms with Crippen LogP contribution in [-0.2, 0) is 10.1 Å². The fourth-order valence-corrected chi connectivity index (χ4v) is 4.43. The van der Waals surface area contributed by atoms with E-state index in [1.54, 1.807) is 0 Å². The molecular weight excluding hydrogens is 216 g/mol. The van der Waals surface area contributed by atoms with Crippen LogP contribution in [0, 0.1) is 11.8 Å². The molecule has 4 atom stereocenters. The van der Waals surface area contributed by atoms with Gasteiger partial charge in [0.1, 0.15) is 0 Å². The Balaban J connectivity index is 2.18. The van der Waals surface area contributed by atoms with Crippen molar-refractivity contribution in [2.45, 2.75) is 49.9 Å².